The molecule has 0 N–H and O–H groups in total. The number of halogens is 3. The summed E-state index contributed by atoms with van der Waals surface area (Å²) in [5.74, 6) is -1.82. The van der Waals surface area contributed by atoms with E-state index in [-0.39, 0.29) is 11.4 Å². The molecule has 2 aromatic carbocycles. The van der Waals surface area contributed by atoms with E-state index < -0.39 is 23.0 Å². The maximum Gasteiger partial charge on any atom is 0.281 e. The third-order valence-corrected chi connectivity index (χ3v) is 4.39. The molecule has 1 aliphatic heterocycles. The zero-order chi connectivity index (χ0) is 16.6. The number of carbonyl (C=O) groups is 2. The van der Waals surface area contributed by atoms with Crippen molar-refractivity contribution in [1.82, 2.24) is 0 Å². The molecule has 1 saturated heterocycles. The SMILES string of the molecule is O=C1C(=Nc2ccccc2F)C(Cl)C(=O)N1c1ccc(I)cc1. The highest BCUT2D eigenvalue weighted by Gasteiger charge is 2.44. The minimum absolute atomic E-state index is 0.0289. The van der Waals surface area contributed by atoms with Crippen LogP contribution in [0, 0.1) is 9.39 Å². The summed E-state index contributed by atoms with van der Waals surface area (Å²) in [7, 11) is 0. The molecule has 4 nitrogen and oxygen atoms in total. The largest absolute Gasteiger partial charge is 0.281 e. The molecule has 23 heavy (non-hydrogen) atoms. The van der Waals surface area contributed by atoms with E-state index in [4.69, 9.17) is 11.6 Å². The molecule has 0 aliphatic carbocycles. The van der Waals surface area contributed by atoms with E-state index in [0.29, 0.717) is 5.69 Å². The summed E-state index contributed by atoms with van der Waals surface area (Å²) < 4.78 is 14.7. The second-order valence-electron chi connectivity index (χ2n) is 4.77. The number of benzene rings is 2. The maximum absolute atomic E-state index is 13.7. The highest BCUT2D eigenvalue weighted by molar-refractivity contribution is 14.1. The van der Waals surface area contributed by atoms with Crippen LogP contribution in [0.1, 0.15) is 0 Å². The minimum Gasteiger partial charge on any atom is -0.272 e. The Morgan fingerprint density at radius 3 is 2.39 bits per heavy atom. The second kappa shape index (κ2) is 6.37. The van der Waals surface area contributed by atoms with E-state index in [9.17, 15) is 14.0 Å². The first-order valence-corrected chi connectivity index (χ1v) is 8.11. The van der Waals surface area contributed by atoms with Gasteiger partial charge >= 0.3 is 0 Å². The second-order valence-corrected chi connectivity index (χ2v) is 6.45. The van der Waals surface area contributed by atoms with E-state index >= 15 is 0 Å². The number of alkyl halides is 1. The molecular formula is C16H9ClFIN2O2. The predicted molar refractivity (Wildman–Crippen MR) is 94.8 cm³/mol. The van der Waals surface area contributed by atoms with Gasteiger partial charge in [-0.25, -0.2) is 14.3 Å². The van der Waals surface area contributed by atoms with Gasteiger partial charge in [0, 0.05) is 3.57 Å². The van der Waals surface area contributed by atoms with E-state index in [0.717, 1.165) is 8.47 Å². The molecule has 7 heteroatoms. The topological polar surface area (TPSA) is 49.7 Å². The molecule has 1 fully saturated rings. The highest BCUT2D eigenvalue weighted by Crippen LogP contribution is 2.27. The molecule has 0 radical (unpaired) electrons. The Morgan fingerprint density at radius 1 is 1.09 bits per heavy atom. The molecule has 1 unspecified atom stereocenters. The fourth-order valence-electron chi connectivity index (χ4n) is 2.16. The van der Waals surface area contributed by atoms with Crippen LogP contribution in [-0.4, -0.2) is 22.9 Å². The summed E-state index contributed by atoms with van der Waals surface area (Å²) >= 11 is 8.15. The van der Waals surface area contributed by atoms with Gasteiger partial charge in [0.25, 0.3) is 11.8 Å². The lowest BCUT2D eigenvalue weighted by atomic mass is 10.2. The Morgan fingerprint density at radius 2 is 1.74 bits per heavy atom. The van der Waals surface area contributed by atoms with Crippen LogP contribution in [0.15, 0.2) is 53.5 Å². The fourth-order valence-corrected chi connectivity index (χ4v) is 2.76. The highest BCUT2D eigenvalue weighted by atomic mass is 127. The number of hydrogen-bond acceptors (Lipinski definition) is 3. The third-order valence-electron chi connectivity index (χ3n) is 3.28. The van der Waals surface area contributed by atoms with Gasteiger partial charge in [-0.15, -0.1) is 11.6 Å². The first-order valence-electron chi connectivity index (χ1n) is 6.60. The smallest absolute Gasteiger partial charge is 0.272 e. The zero-order valence-corrected chi connectivity index (χ0v) is 14.5. The monoisotopic (exact) mass is 442 g/mol. The summed E-state index contributed by atoms with van der Waals surface area (Å²) in [6.45, 7) is 0. The van der Waals surface area contributed by atoms with E-state index in [1.165, 1.54) is 18.2 Å². The van der Waals surface area contributed by atoms with Crippen molar-refractivity contribution < 1.29 is 14.0 Å². The van der Waals surface area contributed by atoms with Gasteiger partial charge < -0.3 is 0 Å². The fraction of sp³-hybridized carbons (Fsp3) is 0.0625. The van der Waals surface area contributed by atoms with Crippen molar-refractivity contribution in [3.8, 4) is 0 Å². The van der Waals surface area contributed by atoms with Crippen LogP contribution in [-0.2, 0) is 9.59 Å². The molecule has 0 aromatic heterocycles. The number of amides is 2. The van der Waals surface area contributed by atoms with E-state index in [1.807, 2.05) is 0 Å². The van der Waals surface area contributed by atoms with Crippen molar-refractivity contribution in [2.45, 2.75) is 5.38 Å². The van der Waals surface area contributed by atoms with Gasteiger partial charge in [-0.1, -0.05) is 12.1 Å². The lowest BCUT2D eigenvalue weighted by Crippen LogP contribution is -2.31. The Bertz CT molecular complexity index is 823. The van der Waals surface area contributed by atoms with E-state index in [2.05, 4.69) is 27.6 Å². The average Bonchev–Trinajstić information content (AvgIpc) is 2.74. The molecule has 0 saturated carbocycles. The van der Waals surface area contributed by atoms with Crippen molar-refractivity contribution in [2.75, 3.05) is 4.90 Å². The van der Waals surface area contributed by atoms with Crippen molar-refractivity contribution in [3.05, 3.63) is 57.9 Å². The van der Waals surface area contributed by atoms with Crippen molar-refractivity contribution in [1.29, 1.82) is 0 Å². The summed E-state index contributed by atoms with van der Waals surface area (Å²) in [5, 5.41) is -1.23. The van der Waals surface area contributed by atoms with Crippen LogP contribution in [0.2, 0.25) is 0 Å². The van der Waals surface area contributed by atoms with Gasteiger partial charge in [0.15, 0.2) is 5.38 Å². The van der Waals surface area contributed by atoms with E-state index in [1.54, 1.807) is 30.3 Å². The number of nitrogens with zero attached hydrogens (tertiary/aromatic N) is 2. The summed E-state index contributed by atoms with van der Waals surface area (Å²) in [4.78, 5) is 29.7. The van der Waals surface area contributed by atoms with Crippen LogP contribution in [0.4, 0.5) is 15.8 Å². The summed E-state index contributed by atoms with van der Waals surface area (Å²) in [6.07, 6.45) is 0. The molecular weight excluding hydrogens is 434 g/mol. The average molecular weight is 443 g/mol. The molecule has 116 valence electrons. The predicted octanol–water partition coefficient (Wildman–Crippen LogP) is 3.68. The van der Waals surface area contributed by atoms with Crippen molar-refractivity contribution >= 4 is 63.1 Å². The standard InChI is InChI=1S/C16H9ClFIN2O2/c17-13-14(20-12-4-2-1-3-11(12)18)16(23)21(15(13)22)10-7-5-9(19)6-8-10/h1-8,13H. The minimum atomic E-state index is -1.23. The van der Waals surface area contributed by atoms with Gasteiger partial charge in [0.1, 0.15) is 11.5 Å². The molecule has 1 atom stereocenters. The number of para-hydroxylation sites is 1. The zero-order valence-electron chi connectivity index (χ0n) is 11.5. The maximum atomic E-state index is 13.7. The van der Waals surface area contributed by atoms with Gasteiger partial charge in [0.05, 0.1) is 11.4 Å². The van der Waals surface area contributed by atoms with Crippen LogP contribution >= 0.6 is 34.2 Å². The Kier molecular flexibility index (Phi) is 4.45. The third kappa shape index (κ3) is 3.00. The summed E-state index contributed by atoms with van der Waals surface area (Å²) in [6, 6.07) is 12.6. The van der Waals surface area contributed by atoms with Crippen molar-refractivity contribution in [2.24, 2.45) is 4.99 Å². The van der Waals surface area contributed by atoms with Crippen molar-refractivity contribution in [3.63, 3.8) is 0 Å². The number of anilines is 1. The van der Waals surface area contributed by atoms with Gasteiger partial charge in [-0.2, -0.15) is 0 Å². The molecule has 0 spiro atoms. The lowest BCUT2D eigenvalue weighted by Gasteiger charge is -2.13. The Balaban J connectivity index is 2.02. The molecule has 0 bridgehead atoms. The number of hydrogen-bond donors (Lipinski definition) is 0. The van der Waals surface area contributed by atoms with Crippen LogP contribution in [0.25, 0.3) is 0 Å². The molecule has 1 aliphatic rings. The number of imide groups is 1. The molecule has 2 amide bonds. The van der Waals surface area contributed by atoms with Crippen LogP contribution in [0.5, 0.6) is 0 Å². The first-order chi connectivity index (χ1) is 11.0. The molecule has 1 heterocycles. The number of aliphatic imine (C=N–C) groups is 1. The quantitative estimate of drug-likeness (QED) is 0.405. The summed E-state index contributed by atoms with van der Waals surface area (Å²) in [5.41, 5.74) is 0.198. The number of rotatable bonds is 2. The first kappa shape index (κ1) is 16.1. The lowest BCUT2D eigenvalue weighted by molar-refractivity contribution is -0.120. The van der Waals surface area contributed by atoms with Gasteiger partial charge in [0.2, 0.25) is 0 Å². The molecule has 3 rings (SSSR count). The molecule has 2 aromatic rings. The normalized spacial score (nSPS) is 19.7. The Labute approximate surface area is 150 Å². The Hall–Kier alpha value is -1.80. The van der Waals surface area contributed by atoms with Gasteiger partial charge in [-0.05, 0) is 59.0 Å². The van der Waals surface area contributed by atoms with Crippen LogP contribution in [0.3, 0.4) is 0 Å². The van der Waals surface area contributed by atoms with Gasteiger partial charge in [-0.3, -0.25) is 9.59 Å². The number of carbonyl (C=O) groups excluding carboxylic acids is 2. The van der Waals surface area contributed by atoms with Crippen LogP contribution < -0.4 is 4.90 Å².